The fourth-order valence-corrected chi connectivity index (χ4v) is 3.57. The number of carbonyl (C=O) groups is 1. The fraction of sp³-hybridized carbons (Fsp3) is 0.500. The van der Waals surface area contributed by atoms with Gasteiger partial charge in [0.1, 0.15) is 5.82 Å². The molecule has 0 saturated carbocycles. The lowest BCUT2D eigenvalue weighted by molar-refractivity contribution is -0.132. The number of benzene rings is 1. The summed E-state index contributed by atoms with van der Waals surface area (Å²) in [5.74, 6) is 1.99. The van der Waals surface area contributed by atoms with Gasteiger partial charge in [-0.25, -0.2) is 9.97 Å². The highest BCUT2D eigenvalue weighted by molar-refractivity contribution is 5.77. The van der Waals surface area contributed by atoms with Gasteiger partial charge in [-0.2, -0.15) is 0 Å². The van der Waals surface area contributed by atoms with Crippen molar-refractivity contribution in [2.75, 3.05) is 25.0 Å². The van der Waals surface area contributed by atoms with Gasteiger partial charge in [-0.3, -0.25) is 4.79 Å². The van der Waals surface area contributed by atoms with E-state index in [4.69, 9.17) is 9.97 Å². The zero-order valence-corrected chi connectivity index (χ0v) is 16.7. The Labute approximate surface area is 162 Å². The second kappa shape index (κ2) is 8.98. The molecule has 0 aliphatic carbocycles. The molecule has 0 saturated heterocycles. The maximum Gasteiger partial charge on any atom is 0.222 e. The third-order valence-electron chi connectivity index (χ3n) is 5.09. The number of carbonyl (C=O) groups excluding carboxylic acids is 1. The van der Waals surface area contributed by atoms with Crippen LogP contribution < -0.4 is 4.90 Å². The van der Waals surface area contributed by atoms with Crippen molar-refractivity contribution >= 4 is 11.7 Å². The lowest BCUT2D eigenvalue weighted by Crippen LogP contribution is -2.37. The number of amides is 1. The normalized spacial score (nSPS) is 13.4. The van der Waals surface area contributed by atoms with Crippen molar-refractivity contribution in [1.82, 2.24) is 14.9 Å². The minimum Gasteiger partial charge on any atom is -0.359 e. The number of rotatable bonds is 7. The third-order valence-corrected chi connectivity index (χ3v) is 5.09. The van der Waals surface area contributed by atoms with Crippen LogP contribution in [-0.2, 0) is 17.8 Å². The summed E-state index contributed by atoms with van der Waals surface area (Å²) in [5.41, 5.74) is 3.23. The Morgan fingerprint density at radius 1 is 1.15 bits per heavy atom. The summed E-state index contributed by atoms with van der Waals surface area (Å²) in [6.07, 6.45) is 4.48. The van der Waals surface area contributed by atoms with Crippen molar-refractivity contribution in [2.24, 2.45) is 0 Å². The molecule has 0 radical (unpaired) electrons. The Hall–Kier alpha value is -2.43. The fourth-order valence-electron chi connectivity index (χ4n) is 3.57. The molecule has 0 fully saturated rings. The van der Waals surface area contributed by atoms with Crippen molar-refractivity contribution in [3.8, 4) is 11.4 Å². The summed E-state index contributed by atoms with van der Waals surface area (Å²) in [5, 5.41) is 0. The highest BCUT2D eigenvalue weighted by Crippen LogP contribution is 2.29. The van der Waals surface area contributed by atoms with Gasteiger partial charge in [-0.15, -0.1) is 0 Å². The Morgan fingerprint density at radius 2 is 1.93 bits per heavy atom. The largest absolute Gasteiger partial charge is 0.359 e. The Morgan fingerprint density at radius 3 is 2.63 bits per heavy atom. The van der Waals surface area contributed by atoms with Crippen molar-refractivity contribution in [3.05, 3.63) is 41.6 Å². The molecule has 2 heterocycles. The van der Waals surface area contributed by atoms with Gasteiger partial charge in [0.05, 0.1) is 12.2 Å². The van der Waals surface area contributed by atoms with Crippen LogP contribution in [0.4, 0.5) is 5.82 Å². The first-order valence-electron chi connectivity index (χ1n) is 10.1. The molecule has 5 heteroatoms. The molecular weight excluding hydrogens is 336 g/mol. The van der Waals surface area contributed by atoms with Crippen LogP contribution in [-0.4, -0.2) is 40.9 Å². The Bertz CT molecular complexity index is 775. The molecule has 1 aromatic carbocycles. The van der Waals surface area contributed by atoms with Crippen molar-refractivity contribution in [1.29, 1.82) is 0 Å². The van der Waals surface area contributed by atoms with Crippen LogP contribution in [0, 0.1) is 0 Å². The van der Waals surface area contributed by atoms with Crippen molar-refractivity contribution < 1.29 is 4.79 Å². The summed E-state index contributed by atoms with van der Waals surface area (Å²) in [4.78, 5) is 26.5. The van der Waals surface area contributed by atoms with Gasteiger partial charge in [0, 0.05) is 44.1 Å². The molecule has 1 aromatic heterocycles. The van der Waals surface area contributed by atoms with E-state index in [1.165, 1.54) is 0 Å². The van der Waals surface area contributed by atoms with Gasteiger partial charge in [0.25, 0.3) is 0 Å². The Kier molecular flexibility index (Phi) is 6.43. The molecule has 27 heavy (non-hydrogen) atoms. The summed E-state index contributed by atoms with van der Waals surface area (Å²) < 4.78 is 0. The first-order chi connectivity index (χ1) is 13.1. The van der Waals surface area contributed by atoms with Gasteiger partial charge in [0.2, 0.25) is 5.91 Å². The van der Waals surface area contributed by atoms with E-state index in [1.807, 2.05) is 23.1 Å². The van der Waals surface area contributed by atoms with Crippen LogP contribution >= 0.6 is 0 Å². The number of hydrogen-bond acceptors (Lipinski definition) is 4. The van der Waals surface area contributed by atoms with Crippen LogP contribution in [0.25, 0.3) is 11.4 Å². The predicted octanol–water partition coefficient (Wildman–Crippen LogP) is 4.06. The molecule has 0 N–H and O–H groups in total. The summed E-state index contributed by atoms with van der Waals surface area (Å²) >= 11 is 0. The molecule has 0 atom stereocenters. The molecule has 3 rings (SSSR count). The molecular formula is C22H30N4O. The molecule has 0 unspecified atom stereocenters. The highest BCUT2D eigenvalue weighted by atomic mass is 16.2. The number of unbranched alkanes of at least 4 members (excludes halogenated alkanes) is 1. The number of fused-ring (bicyclic) bond motifs is 1. The maximum atomic E-state index is 12.5. The van der Waals surface area contributed by atoms with E-state index in [2.05, 4.69) is 37.9 Å². The average Bonchev–Trinajstić information content (AvgIpc) is 2.71. The van der Waals surface area contributed by atoms with Crippen molar-refractivity contribution in [2.45, 2.75) is 52.5 Å². The minimum atomic E-state index is 0.249. The zero-order valence-electron chi connectivity index (χ0n) is 16.7. The SMILES string of the molecule is CCCCC(=O)N1CCc2nc(-c3ccccc3)nc(N(C)CCC)c2C1. The van der Waals surface area contributed by atoms with Gasteiger partial charge in [0.15, 0.2) is 5.82 Å². The van der Waals surface area contributed by atoms with Crippen LogP contribution in [0.15, 0.2) is 30.3 Å². The van der Waals surface area contributed by atoms with E-state index in [0.29, 0.717) is 13.0 Å². The molecule has 0 spiro atoms. The van der Waals surface area contributed by atoms with Gasteiger partial charge in [-0.05, 0) is 12.8 Å². The number of hydrogen-bond donors (Lipinski definition) is 0. The molecule has 2 aromatic rings. The second-order valence-electron chi connectivity index (χ2n) is 7.25. The van der Waals surface area contributed by atoms with Gasteiger partial charge < -0.3 is 9.80 Å². The van der Waals surface area contributed by atoms with E-state index in [1.54, 1.807) is 0 Å². The van der Waals surface area contributed by atoms with E-state index in [9.17, 15) is 4.79 Å². The average molecular weight is 367 g/mol. The highest BCUT2D eigenvalue weighted by Gasteiger charge is 2.26. The minimum absolute atomic E-state index is 0.249. The lowest BCUT2D eigenvalue weighted by Gasteiger charge is -2.32. The summed E-state index contributed by atoms with van der Waals surface area (Å²) in [7, 11) is 2.08. The van der Waals surface area contributed by atoms with Crippen LogP contribution in [0.3, 0.4) is 0 Å². The quantitative estimate of drug-likeness (QED) is 0.741. The molecule has 1 amide bonds. The summed E-state index contributed by atoms with van der Waals surface area (Å²) in [6, 6.07) is 10.1. The van der Waals surface area contributed by atoms with Crippen LogP contribution in [0.2, 0.25) is 0 Å². The van der Waals surface area contributed by atoms with Gasteiger partial charge >= 0.3 is 0 Å². The smallest absolute Gasteiger partial charge is 0.222 e. The number of nitrogens with zero attached hydrogens (tertiary/aromatic N) is 4. The second-order valence-corrected chi connectivity index (χ2v) is 7.25. The van der Waals surface area contributed by atoms with Crippen LogP contribution in [0.5, 0.6) is 0 Å². The third kappa shape index (κ3) is 4.46. The molecule has 1 aliphatic heterocycles. The first-order valence-corrected chi connectivity index (χ1v) is 10.1. The molecule has 144 valence electrons. The predicted molar refractivity (Wildman–Crippen MR) is 110 cm³/mol. The van der Waals surface area contributed by atoms with E-state index >= 15 is 0 Å². The molecule has 0 bridgehead atoms. The monoisotopic (exact) mass is 366 g/mol. The maximum absolute atomic E-state index is 12.5. The topological polar surface area (TPSA) is 49.3 Å². The van der Waals surface area contributed by atoms with E-state index in [-0.39, 0.29) is 5.91 Å². The lowest BCUT2D eigenvalue weighted by atomic mass is 10.0. The van der Waals surface area contributed by atoms with E-state index in [0.717, 1.165) is 67.2 Å². The Balaban J connectivity index is 1.96. The van der Waals surface area contributed by atoms with Gasteiger partial charge in [-0.1, -0.05) is 50.6 Å². The van der Waals surface area contributed by atoms with Crippen molar-refractivity contribution in [3.63, 3.8) is 0 Å². The zero-order chi connectivity index (χ0) is 19.2. The first kappa shape index (κ1) is 19.3. The van der Waals surface area contributed by atoms with E-state index < -0.39 is 0 Å². The number of anilines is 1. The van der Waals surface area contributed by atoms with Crippen LogP contribution in [0.1, 0.15) is 50.8 Å². The molecule has 5 nitrogen and oxygen atoms in total. The molecule has 1 aliphatic rings. The standard InChI is InChI=1S/C22H30N4O/c1-4-6-12-20(27)26-15-13-19-18(16-26)22(25(3)14-5-2)24-21(23-19)17-10-8-7-9-11-17/h7-11H,4-6,12-16H2,1-3H3. The summed E-state index contributed by atoms with van der Waals surface area (Å²) in [6.45, 7) is 6.59. The number of aromatic nitrogens is 2.